The highest BCUT2D eigenvalue weighted by molar-refractivity contribution is 5.75. The molecule has 0 aliphatic carbocycles. The number of benzene rings is 1. The summed E-state index contributed by atoms with van der Waals surface area (Å²) in [6, 6.07) is 5.99. The van der Waals surface area contributed by atoms with E-state index in [9.17, 15) is 19.2 Å². The summed E-state index contributed by atoms with van der Waals surface area (Å²) in [5, 5.41) is 0. The van der Waals surface area contributed by atoms with Gasteiger partial charge in [0.25, 0.3) is 0 Å². The molecule has 24 heavy (non-hydrogen) atoms. The number of esters is 2. The van der Waals surface area contributed by atoms with Crippen LogP contribution in [-0.2, 0) is 19.1 Å². The van der Waals surface area contributed by atoms with Crippen molar-refractivity contribution in [3.8, 4) is 5.75 Å². The molecule has 1 aromatic rings. The van der Waals surface area contributed by atoms with Gasteiger partial charge in [-0.3, -0.25) is 14.4 Å². The third-order valence-corrected chi connectivity index (χ3v) is 2.81. The Kier molecular flexibility index (Phi) is 7.97. The first kappa shape index (κ1) is 19.1. The van der Waals surface area contributed by atoms with Gasteiger partial charge in [0.05, 0.1) is 13.1 Å². The van der Waals surface area contributed by atoms with Crippen LogP contribution < -0.4 is 4.74 Å². The van der Waals surface area contributed by atoms with Crippen LogP contribution in [0.2, 0.25) is 0 Å². The zero-order valence-electron chi connectivity index (χ0n) is 13.5. The Hall–Kier alpha value is -2.90. The number of carbonyl (C=O) groups is 4. The molecule has 8 heteroatoms. The van der Waals surface area contributed by atoms with Gasteiger partial charge in [-0.2, -0.15) is 0 Å². The smallest absolute Gasteiger partial charge is 0.415 e. The number of rotatable bonds is 8. The van der Waals surface area contributed by atoms with E-state index >= 15 is 0 Å². The molecule has 0 aliphatic heterocycles. The van der Waals surface area contributed by atoms with Crippen molar-refractivity contribution in [2.45, 2.75) is 13.8 Å². The number of amides is 1. The average molecular weight is 337 g/mol. The lowest BCUT2D eigenvalue weighted by Crippen LogP contribution is -2.39. The molecule has 0 saturated heterocycles. The SMILES string of the molecule is CC(=O)OCCN(CCOC(C)=O)C(=O)Oc1ccc(C=O)cc1. The summed E-state index contributed by atoms with van der Waals surface area (Å²) in [6.45, 7) is 2.69. The fourth-order valence-corrected chi connectivity index (χ4v) is 1.67. The number of hydrogen-bond acceptors (Lipinski definition) is 7. The van der Waals surface area contributed by atoms with Crippen LogP contribution in [0.15, 0.2) is 24.3 Å². The van der Waals surface area contributed by atoms with Gasteiger partial charge in [-0.25, -0.2) is 4.79 Å². The van der Waals surface area contributed by atoms with Crippen molar-refractivity contribution < 1.29 is 33.4 Å². The molecule has 0 saturated carbocycles. The summed E-state index contributed by atoms with van der Waals surface area (Å²) in [5.41, 5.74) is 0.455. The molecule has 1 amide bonds. The number of hydrogen-bond donors (Lipinski definition) is 0. The van der Waals surface area contributed by atoms with E-state index in [1.807, 2.05) is 0 Å². The highest BCUT2D eigenvalue weighted by Gasteiger charge is 2.16. The van der Waals surface area contributed by atoms with E-state index in [-0.39, 0.29) is 32.1 Å². The molecule has 130 valence electrons. The van der Waals surface area contributed by atoms with Crippen molar-refractivity contribution >= 4 is 24.3 Å². The van der Waals surface area contributed by atoms with Gasteiger partial charge in [0, 0.05) is 19.4 Å². The number of aldehydes is 1. The van der Waals surface area contributed by atoms with E-state index in [0.29, 0.717) is 11.8 Å². The number of nitrogens with zero attached hydrogens (tertiary/aromatic N) is 1. The van der Waals surface area contributed by atoms with Crippen molar-refractivity contribution in [2.24, 2.45) is 0 Å². The molecular formula is C16H19NO7. The first-order chi connectivity index (χ1) is 11.4. The quantitative estimate of drug-likeness (QED) is 0.522. The minimum absolute atomic E-state index is 0.00537. The Morgan fingerprint density at radius 3 is 1.88 bits per heavy atom. The Morgan fingerprint density at radius 1 is 0.958 bits per heavy atom. The average Bonchev–Trinajstić information content (AvgIpc) is 2.53. The van der Waals surface area contributed by atoms with Gasteiger partial charge in [-0.1, -0.05) is 0 Å². The van der Waals surface area contributed by atoms with Gasteiger partial charge in [0.15, 0.2) is 0 Å². The maximum atomic E-state index is 12.2. The molecule has 8 nitrogen and oxygen atoms in total. The lowest BCUT2D eigenvalue weighted by molar-refractivity contribution is -0.141. The minimum Gasteiger partial charge on any atom is -0.464 e. The molecule has 0 aliphatic rings. The summed E-state index contributed by atoms with van der Waals surface area (Å²) in [7, 11) is 0. The summed E-state index contributed by atoms with van der Waals surface area (Å²) < 4.78 is 14.8. The Labute approximate surface area is 139 Å². The van der Waals surface area contributed by atoms with E-state index in [2.05, 4.69) is 0 Å². The number of carbonyl (C=O) groups excluding carboxylic acids is 4. The summed E-state index contributed by atoms with van der Waals surface area (Å²) in [5.74, 6) is -0.670. The van der Waals surface area contributed by atoms with E-state index in [0.717, 1.165) is 0 Å². The molecule has 0 atom stereocenters. The first-order valence-electron chi connectivity index (χ1n) is 7.21. The van der Waals surface area contributed by atoms with Crippen molar-refractivity contribution in [2.75, 3.05) is 26.3 Å². The minimum atomic E-state index is -0.687. The van der Waals surface area contributed by atoms with Crippen LogP contribution >= 0.6 is 0 Å². The van der Waals surface area contributed by atoms with Crippen molar-refractivity contribution in [1.29, 1.82) is 0 Å². The van der Waals surface area contributed by atoms with Gasteiger partial charge >= 0.3 is 18.0 Å². The van der Waals surface area contributed by atoms with Crippen molar-refractivity contribution in [3.05, 3.63) is 29.8 Å². The maximum Gasteiger partial charge on any atom is 0.415 e. The topological polar surface area (TPSA) is 99.2 Å². The monoisotopic (exact) mass is 337 g/mol. The van der Waals surface area contributed by atoms with Gasteiger partial charge in [-0.15, -0.1) is 0 Å². The van der Waals surface area contributed by atoms with Crippen LogP contribution in [0.5, 0.6) is 5.75 Å². The van der Waals surface area contributed by atoms with Crippen LogP contribution in [0.1, 0.15) is 24.2 Å². The molecule has 0 heterocycles. The van der Waals surface area contributed by atoms with Crippen LogP contribution in [-0.4, -0.2) is 55.5 Å². The second kappa shape index (κ2) is 9.98. The third kappa shape index (κ3) is 7.39. The first-order valence-corrected chi connectivity index (χ1v) is 7.21. The maximum absolute atomic E-state index is 12.2. The second-order valence-electron chi connectivity index (χ2n) is 4.72. The predicted octanol–water partition coefficient (Wildman–Crippen LogP) is 1.43. The molecule has 0 spiro atoms. The fraction of sp³-hybridized carbons (Fsp3) is 0.375. The van der Waals surface area contributed by atoms with E-state index in [1.54, 1.807) is 0 Å². The standard InChI is InChI=1S/C16H19NO7/c1-12(19)22-9-7-17(8-10-23-13(2)20)16(21)24-15-5-3-14(11-18)4-6-15/h3-6,11H,7-10H2,1-2H3. The fourth-order valence-electron chi connectivity index (χ4n) is 1.67. The lowest BCUT2D eigenvalue weighted by atomic mass is 10.2. The van der Waals surface area contributed by atoms with E-state index in [1.165, 1.54) is 43.0 Å². The summed E-state index contributed by atoms with van der Waals surface area (Å²) in [4.78, 5) is 45.6. The molecule has 0 fully saturated rings. The molecule has 0 unspecified atom stereocenters. The summed E-state index contributed by atoms with van der Waals surface area (Å²) >= 11 is 0. The Bertz CT molecular complexity index is 563. The normalized spacial score (nSPS) is 9.75. The lowest BCUT2D eigenvalue weighted by Gasteiger charge is -2.21. The van der Waals surface area contributed by atoms with Gasteiger partial charge in [0.1, 0.15) is 25.2 Å². The zero-order chi connectivity index (χ0) is 17.9. The van der Waals surface area contributed by atoms with Gasteiger partial charge in [0.2, 0.25) is 0 Å². The molecule has 1 rings (SSSR count). The Morgan fingerprint density at radius 2 is 1.46 bits per heavy atom. The molecule has 1 aromatic carbocycles. The zero-order valence-corrected chi connectivity index (χ0v) is 13.5. The third-order valence-electron chi connectivity index (χ3n) is 2.81. The Balaban J connectivity index is 2.63. The van der Waals surface area contributed by atoms with Crippen molar-refractivity contribution in [1.82, 2.24) is 4.90 Å². The van der Waals surface area contributed by atoms with Gasteiger partial charge in [-0.05, 0) is 24.3 Å². The number of ether oxygens (including phenoxy) is 3. The highest BCUT2D eigenvalue weighted by Crippen LogP contribution is 2.12. The van der Waals surface area contributed by atoms with Crippen LogP contribution in [0, 0.1) is 0 Å². The molecule has 0 radical (unpaired) electrons. The highest BCUT2D eigenvalue weighted by atomic mass is 16.6. The van der Waals surface area contributed by atoms with Crippen molar-refractivity contribution in [3.63, 3.8) is 0 Å². The van der Waals surface area contributed by atoms with E-state index in [4.69, 9.17) is 14.2 Å². The van der Waals surface area contributed by atoms with Gasteiger partial charge < -0.3 is 19.1 Å². The summed E-state index contributed by atoms with van der Waals surface area (Å²) in [6.07, 6.45) is -0.0102. The van der Waals surface area contributed by atoms with E-state index < -0.39 is 18.0 Å². The van der Waals surface area contributed by atoms with Crippen LogP contribution in [0.25, 0.3) is 0 Å². The van der Waals surface area contributed by atoms with Crippen LogP contribution in [0.3, 0.4) is 0 Å². The second-order valence-corrected chi connectivity index (χ2v) is 4.72. The molecule has 0 aromatic heterocycles. The molecule has 0 bridgehead atoms. The molecule has 0 N–H and O–H groups in total. The molecular weight excluding hydrogens is 318 g/mol. The predicted molar refractivity (Wildman–Crippen MR) is 82.7 cm³/mol. The van der Waals surface area contributed by atoms with Crippen LogP contribution in [0.4, 0.5) is 4.79 Å². The largest absolute Gasteiger partial charge is 0.464 e.